The minimum Gasteiger partial charge on any atom is -0.370 e. The molecular weight excluding hydrogens is 365 g/mol. The van der Waals surface area contributed by atoms with Crippen LogP contribution in [0.5, 0.6) is 0 Å². The van der Waals surface area contributed by atoms with Gasteiger partial charge in [-0.2, -0.15) is 0 Å². The Hall–Kier alpha value is -1.50. The van der Waals surface area contributed by atoms with Crippen LogP contribution < -0.4 is 10.6 Å². The number of hydrogen-bond acceptors (Lipinski definition) is 4. The van der Waals surface area contributed by atoms with Crippen molar-refractivity contribution in [3.8, 4) is 0 Å². The normalized spacial score (nSPS) is 15.8. The summed E-state index contributed by atoms with van der Waals surface area (Å²) in [5, 5.41) is 4.41. The number of halogens is 2. The summed E-state index contributed by atoms with van der Waals surface area (Å²) in [7, 11) is 0. The Morgan fingerprint density at radius 3 is 2.54 bits per heavy atom. The van der Waals surface area contributed by atoms with Gasteiger partial charge in [0.25, 0.3) is 0 Å². The fourth-order valence-electron chi connectivity index (χ4n) is 2.65. The molecular formula is C16H19Cl2N5S. The molecule has 2 heterocycles. The van der Waals surface area contributed by atoms with Crippen molar-refractivity contribution >= 4 is 45.6 Å². The molecule has 128 valence electrons. The number of benzene rings is 1. The van der Waals surface area contributed by atoms with Crippen molar-refractivity contribution < 1.29 is 0 Å². The molecule has 0 spiro atoms. The summed E-state index contributed by atoms with van der Waals surface area (Å²) < 4.78 is 0. The number of rotatable bonds is 4. The van der Waals surface area contributed by atoms with Crippen LogP contribution in [0.15, 0.2) is 34.8 Å². The van der Waals surface area contributed by atoms with E-state index in [1.54, 1.807) is 11.3 Å². The second kappa shape index (κ2) is 8.05. The summed E-state index contributed by atoms with van der Waals surface area (Å²) >= 11 is 14.0. The van der Waals surface area contributed by atoms with E-state index < -0.39 is 0 Å². The van der Waals surface area contributed by atoms with Crippen molar-refractivity contribution in [3.05, 3.63) is 45.4 Å². The van der Waals surface area contributed by atoms with Crippen LogP contribution >= 0.6 is 34.5 Å². The topological polar surface area (TPSA) is 57.8 Å². The Bertz CT molecular complexity index is 676. The van der Waals surface area contributed by atoms with E-state index in [0.717, 1.165) is 36.9 Å². The minimum atomic E-state index is 0.571. The SMILES string of the molecule is NC(=NCCc1c(Cl)cccc1Cl)N1CCN(c2nccs2)CC1. The average molecular weight is 384 g/mol. The van der Waals surface area contributed by atoms with Crippen molar-refractivity contribution in [1.82, 2.24) is 9.88 Å². The molecule has 0 bridgehead atoms. The predicted molar refractivity (Wildman–Crippen MR) is 103 cm³/mol. The van der Waals surface area contributed by atoms with Gasteiger partial charge in [0.1, 0.15) is 0 Å². The molecule has 0 radical (unpaired) electrons. The van der Waals surface area contributed by atoms with Crippen LogP contribution in [-0.4, -0.2) is 48.6 Å². The first-order valence-corrected chi connectivity index (χ1v) is 9.41. The van der Waals surface area contributed by atoms with E-state index in [0.29, 0.717) is 29.0 Å². The zero-order valence-corrected chi connectivity index (χ0v) is 15.5. The summed E-state index contributed by atoms with van der Waals surface area (Å²) in [6.07, 6.45) is 2.51. The number of nitrogens with zero attached hydrogens (tertiary/aromatic N) is 4. The lowest BCUT2D eigenvalue weighted by molar-refractivity contribution is 0.380. The van der Waals surface area contributed by atoms with E-state index >= 15 is 0 Å². The third kappa shape index (κ3) is 4.12. The smallest absolute Gasteiger partial charge is 0.191 e. The summed E-state index contributed by atoms with van der Waals surface area (Å²) in [6.45, 7) is 4.08. The third-order valence-electron chi connectivity index (χ3n) is 3.99. The molecule has 1 fully saturated rings. The number of thiazole rings is 1. The second-order valence-electron chi connectivity index (χ2n) is 5.48. The minimum absolute atomic E-state index is 0.571. The Morgan fingerprint density at radius 1 is 1.21 bits per heavy atom. The molecule has 0 unspecified atom stereocenters. The monoisotopic (exact) mass is 383 g/mol. The van der Waals surface area contributed by atoms with Gasteiger partial charge >= 0.3 is 0 Å². The predicted octanol–water partition coefficient (Wildman–Crippen LogP) is 3.13. The standard InChI is InChI=1S/C16H19Cl2N5S/c17-13-2-1-3-14(18)12(13)4-5-20-15(19)22-7-9-23(10-8-22)16-21-6-11-24-16/h1-3,6,11H,4-5,7-10H2,(H2,19,20). The molecule has 3 rings (SSSR count). The zero-order valence-electron chi connectivity index (χ0n) is 13.2. The van der Waals surface area contributed by atoms with Crippen LogP contribution in [0.25, 0.3) is 0 Å². The van der Waals surface area contributed by atoms with Gasteiger partial charge in [-0.3, -0.25) is 4.99 Å². The molecule has 0 aliphatic carbocycles. The van der Waals surface area contributed by atoms with Gasteiger partial charge in [0.2, 0.25) is 0 Å². The van der Waals surface area contributed by atoms with Crippen LogP contribution in [0.1, 0.15) is 5.56 Å². The van der Waals surface area contributed by atoms with E-state index in [4.69, 9.17) is 28.9 Å². The number of piperazine rings is 1. The molecule has 0 amide bonds. The molecule has 8 heteroatoms. The number of anilines is 1. The molecule has 5 nitrogen and oxygen atoms in total. The molecule has 0 saturated carbocycles. The summed E-state index contributed by atoms with van der Waals surface area (Å²) in [5.41, 5.74) is 7.05. The number of hydrogen-bond donors (Lipinski definition) is 1. The van der Waals surface area contributed by atoms with E-state index in [2.05, 4.69) is 19.8 Å². The van der Waals surface area contributed by atoms with Crippen LogP contribution in [0, 0.1) is 0 Å². The molecule has 1 aromatic heterocycles. The van der Waals surface area contributed by atoms with Crippen molar-refractivity contribution in [2.75, 3.05) is 37.6 Å². The van der Waals surface area contributed by atoms with Crippen LogP contribution in [0.2, 0.25) is 10.0 Å². The zero-order chi connectivity index (χ0) is 16.9. The average Bonchev–Trinajstić information content (AvgIpc) is 3.12. The molecule has 1 saturated heterocycles. The van der Waals surface area contributed by atoms with Crippen LogP contribution in [-0.2, 0) is 6.42 Å². The van der Waals surface area contributed by atoms with Crippen molar-refractivity contribution in [3.63, 3.8) is 0 Å². The quantitative estimate of drug-likeness (QED) is 0.650. The maximum atomic E-state index is 6.17. The lowest BCUT2D eigenvalue weighted by Crippen LogP contribution is -2.51. The number of nitrogens with two attached hydrogens (primary N) is 1. The lowest BCUT2D eigenvalue weighted by Gasteiger charge is -2.35. The Labute approximate surface area is 155 Å². The highest BCUT2D eigenvalue weighted by atomic mass is 35.5. The molecule has 1 aliphatic heterocycles. The van der Waals surface area contributed by atoms with Gasteiger partial charge in [-0.05, 0) is 24.1 Å². The highest BCUT2D eigenvalue weighted by Crippen LogP contribution is 2.24. The van der Waals surface area contributed by atoms with Crippen LogP contribution in [0.3, 0.4) is 0 Å². The van der Waals surface area contributed by atoms with E-state index in [9.17, 15) is 0 Å². The molecule has 1 aromatic carbocycles. The van der Waals surface area contributed by atoms with Gasteiger partial charge in [-0.25, -0.2) is 4.98 Å². The summed E-state index contributed by atoms with van der Waals surface area (Å²) in [5.74, 6) is 0.581. The van der Waals surface area contributed by atoms with Crippen LogP contribution in [0.4, 0.5) is 5.13 Å². The van der Waals surface area contributed by atoms with Crippen molar-refractivity contribution in [2.45, 2.75) is 6.42 Å². The van der Waals surface area contributed by atoms with E-state index in [-0.39, 0.29) is 0 Å². The lowest BCUT2D eigenvalue weighted by atomic mass is 10.1. The van der Waals surface area contributed by atoms with Crippen molar-refractivity contribution in [2.24, 2.45) is 10.7 Å². The Kier molecular flexibility index (Phi) is 5.81. The second-order valence-corrected chi connectivity index (χ2v) is 7.17. The molecule has 2 N–H and O–H groups in total. The number of aromatic nitrogens is 1. The van der Waals surface area contributed by atoms with Gasteiger partial charge < -0.3 is 15.5 Å². The summed E-state index contributed by atoms with van der Waals surface area (Å²) in [4.78, 5) is 13.2. The maximum absolute atomic E-state index is 6.17. The largest absolute Gasteiger partial charge is 0.370 e. The molecule has 1 aliphatic rings. The summed E-state index contributed by atoms with van der Waals surface area (Å²) in [6, 6.07) is 5.52. The van der Waals surface area contributed by atoms with E-state index in [1.165, 1.54) is 0 Å². The molecule has 2 aromatic rings. The van der Waals surface area contributed by atoms with Crippen molar-refractivity contribution in [1.29, 1.82) is 0 Å². The number of aliphatic imine (C=N–C) groups is 1. The fourth-order valence-corrected chi connectivity index (χ4v) is 3.94. The Morgan fingerprint density at radius 2 is 1.92 bits per heavy atom. The third-order valence-corrected chi connectivity index (χ3v) is 5.53. The van der Waals surface area contributed by atoms with E-state index in [1.807, 2.05) is 29.8 Å². The maximum Gasteiger partial charge on any atom is 0.191 e. The van der Waals surface area contributed by atoms with Gasteiger partial charge in [-0.15, -0.1) is 11.3 Å². The van der Waals surface area contributed by atoms with Gasteiger partial charge in [0.05, 0.1) is 0 Å². The highest BCUT2D eigenvalue weighted by molar-refractivity contribution is 7.13. The first-order chi connectivity index (χ1) is 11.6. The fraction of sp³-hybridized carbons (Fsp3) is 0.375. The van der Waals surface area contributed by atoms with Gasteiger partial charge in [0.15, 0.2) is 11.1 Å². The number of guanidine groups is 1. The molecule has 24 heavy (non-hydrogen) atoms. The first kappa shape index (κ1) is 17.3. The first-order valence-electron chi connectivity index (χ1n) is 7.77. The van der Waals surface area contributed by atoms with Gasteiger partial charge in [-0.1, -0.05) is 29.3 Å². The highest BCUT2D eigenvalue weighted by Gasteiger charge is 2.19. The van der Waals surface area contributed by atoms with Gasteiger partial charge in [0, 0.05) is 54.3 Å². The Balaban J connectivity index is 1.52. The molecule has 0 atom stereocenters.